The van der Waals surface area contributed by atoms with Gasteiger partial charge >= 0.3 is 6.61 Å². The molecule has 0 bridgehead atoms. The molecule has 7 heteroatoms. The number of alkyl halides is 2. The van der Waals surface area contributed by atoms with Crippen molar-refractivity contribution >= 4 is 18.3 Å². The van der Waals surface area contributed by atoms with Crippen LogP contribution in [0.4, 0.5) is 8.78 Å². The molecule has 0 aliphatic carbocycles. The highest BCUT2D eigenvalue weighted by Crippen LogP contribution is 2.26. The number of rotatable bonds is 6. The molecule has 0 saturated heterocycles. The molecule has 1 amide bonds. The summed E-state index contributed by atoms with van der Waals surface area (Å²) in [5, 5.41) is 2.74. The zero-order valence-electron chi connectivity index (χ0n) is 12.3. The SMILES string of the molecule is Cc1cc(C(=O)NCCC(C)N)cc(C)c1OC(F)F.Cl. The molecule has 1 atom stereocenters. The first-order valence-electron chi connectivity index (χ1n) is 6.41. The number of ether oxygens (including phenoxy) is 1. The molecular formula is C14H21ClF2N2O2. The molecule has 1 aromatic carbocycles. The molecule has 0 aromatic heterocycles. The van der Waals surface area contributed by atoms with Crippen molar-refractivity contribution in [3.63, 3.8) is 0 Å². The minimum atomic E-state index is -2.88. The van der Waals surface area contributed by atoms with E-state index in [4.69, 9.17) is 5.73 Å². The van der Waals surface area contributed by atoms with Gasteiger partial charge in [0.15, 0.2) is 0 Å². The molecule has 0 spiro atoms. The monoisotopic (exact) mass is 322 g/mol. The number of amides is 1. The maximum absolute atomic E-state index is 12.3. The van der Waals surface area contributed by atoms with Crippen molar-refractivity contribution in [1.29, 1.82) is 0 Å². The minimum absolute atomic E-state index is 0. The lowest BCUT2D eigenvalue weighted by molar-refractivity contribution is -0.0507. The van der Waals surface area contributed by atoms with Crippen LogP contribution in [0.1, 0.15) is 34.8 Å². The predicted molar refractivity (Wildman–Crippen MR) is 80.4 cm³/mol. The summed E-state index contributed by atoms with van der Waals surface area (Å²) < 4.78 is 29.0. The number of carbonyl (C=O) groups excluding carboxylic acids is 1. The fourth-order valence-electron chi connectivity index (χ4n) is 1.87. The Morgan fingerprint density at radius 1 is 1.33 bits per heavy atom. The van der Waals surface area contributed by atoms with Crippen LogP contribution in [0.5, 0.6) is 5.75 Å². The number of nitrogens with two attached hydrogens (primary N) is 1. The van der Waals surface area contributed by atoms with E-state index in [1.54, 1.807) is 13.8 Å². The summed E-state index contributed by atoms with van der Waals surface area (Å²) in [6, 6.07) is 3.08. The summed E-state index contributed by atoms with van der Waals surface area (Å²) in [4.78, 5) is 11.9. The fourth-order valence-corrected chi connectivity index (χ4v) is 1.87. The van der Waals surface area contributed by atoms with Gasteiger partial charge in [0, 0.05) is 18.2 Å². The van der Waals surface area contributed by atoms with Gasteiger partial charge in [-0.1, -0.05) is 0 Å². The lowest BCUT2D eigenvalue weighted by Crippen LogP contribution is -2.29. The second kappa shape index (κ2) is 8.79. The van der Waals surface area contributed by atoms with Crippen LogP contribution in [0, 0.1) is 13.8 Å². The number of hydrogen-bond donors (Lipinski definition) is 2. The average molecular weight is 323 g/mol. The van der Waals surface area contributed by atoms with Gasteiger partial charge < -0.3 is 15.8 Å². The number of aryl methyl sites for hydroxylation is 2. The molecule has 1 unspecified atom stereocenters. The molecule has 0 aliphatic heterocycles. The third-order valence-electron chi connectivity index (χ3n) is 2.81. The second-order valence-electron chi connectivity index (χ2n) is 4.84. The van der Waals surface area contributed by atoms with Gasteiger partial charge in [0.25, 0.3) is 5.91 Å². The Kier molecular flexibility index (Phi) is 8.21. The van der Waals surface area contributed by atoms with E-state index in [1.807, 2.05) is 6.92 Å². The average Bonchev–Trinajstić information content (AvgIpc) is 2.32. The summed E-state index contributed by atoms with van der Waals surface area (Å²) in [5.41, 5.74) is 7.02. The Hall–Kier alpha value is -1.40. The van der Waals surface area contributed by atoms with E-state index < -0.39 is 6.61 Å². The first-order chi connectivity index (χ1) is 9.31. The Labute approximate surface area is 129 Å². The second-order valence-corrected chi connectivity index (χ2v) is 4.84. The molecule has 120 valence electrons. The van der Waals surface area contributed by atoms with Crippen molar-refractivity contribution in [2.24, 2.45) is 5.73 Å². The van der Waals surface area contributed by atoms with Crippen molar-refractivity contribution in [2.45, 2.75) is 39.8 Å². The maximum Gasteiger partial charge on any atom is 0.387 e. The van der Waals surface area contributed by atoms with Crippen LogP contribution >= 0.6 is 12.4 Å². The Balaban J connectivity index is 0.00000400. The van der Waals surface area contributed by atoms with Crippen molar-refractivity contribution in [3.8, 4) is 5.75 Å². The van der Waals surface area contributed by atoms with E-state index in [-0.39, 0.29) is 30.1 Å². The first kappa shape index (κ1) is 19.6. The van der Waals surface area contributed by atoms with Gasteiger partial charge in [0.2, 0.25) is 0 Å². The number of halogens is 3. The number of nitrogens with one attached hydrogen (secondary N) is 1. The third-order valence-corrected chi connectivity index (χ3v) is 2.81. The zero-order valence-corrected chi connectivity index (χ0v) is 13.1. The van der Waals surface area contributed by atoms with Crippen molar-refractivity contribution < 1.29 is 18.3 Å². The highest BCUT2D eigenvalue weighted by Gasteiger charge is 2.14. The number of benzene rings is 1. The summed E-state index contributed by atoms with van der Waals surface area (Å²) in [6.45, 7) is 2.71. The van der Waals surface area contributed by atoms with E-state index in [9.17, 15) is 13.6 Å². The smallest absolute Gasteiger partial charge is 0.387 e. The first-order valence-corrected chi connectivity index (χ1v) is 6.41. The number of carbonyl (C=O) groups is 1. The molecule has 0 aliphatic rings. The van der Waals surface area contributed by atoms with E-state index in [1.165, 1.54) is 12.1 Å². The summed E-state index contributed by atoms with van der Waals surface area (Å²) in [5.74, 6) is -0.132. The summed E-state index contributed by atoms with van der Waals surface area (Å²) in [7, 11) is 0. The van der Waals surface area contributed by atoms with Gasteiger partial charge in [0.05, 0.1) is 0 Å². The van der Waals surface area contributed by atoms with Gasteiger partial charge in [-0.25, -0.2) is 0 Å². The quantitative estimate of drug-likeness (QED) is 0.846. The standard InChI is InChI=1S/C14H20F2N2O2.ClH/c1-8-6-11(13(19)18-5-4-10(3)17)7-9(2)12(8)20-14(15)16;/h6-7,10,14H,4-5,17H2,1-3H3,(H,18,19);1H. The van der Waals surface area contributed by atoms with Gasteiger partial charge in [-0.05, 0) is 50.5 Å². The van der Waals surface area contributed by atoms with E-state index >= 15 is 0 Å². The molecule has 3 N–H and O–H groups in total. The largest absolute Gasteiger partial charge is 0.434 e. The molecule has 0 saturated carbocycles. The molecule has 21 heavy (non-hydrogen) atoms. The molecule has 1 rings (SSSR count). The summed E-state index contributed by atoms with van der Waals surface area (Å²) in [6.07, 6.45) is 0.677. The minimum Gasteiger partial charge on any atom is -0.434 e. The molecule has 0 fully saturated rings. The molecule has 0 heterocycles. The van der Waals surface area contributed by atoms with Crippen molar-refractivity contribution in [2.75, 3.05) is 6.54 Å². The molecular weight excluding hydrogens is 302 g/mol. The van der Waals surface area contributed by atoms with E-state index in [0.717, 1.165) is 0 Å². The van der Waals surface area contributed by atoms with E-state index in [0.29, 0.717) is 29.7 Å². The molecule has 4 nitrogen and oxygen atoms in total. The Morgan fingerprint density at radius 3 is 2.29 bits per heavy atom. The van der Waals surface area contributed by atoms with Crippen LogP contribution in [0.25, 0.3) is 0 Å². The normalized spacial score (nSPS) is 11.8. The lowest BCUT2D eigenvalue weighted by Gasteiger charge is -2.13. The van der Waals surface area contributed by atoms with Gasteiger partial charge in [0.1, 0.15) is 5.75 Å². The van der Waals surface area contributed by atoms with Crippen molar-refractivity contribution in [3.05, 3.63) is 28.8 Å². The van der Waals surface area contributed by atoms with Crippen LogP contribution in [0.2, 0.25) is 0 Å². The molecule has 0 radical (unpaired) electrons. The van der Waals surface area contributed by atoms with Gasteiger partial charge in [-0.15, -0.1) is 12.4 Å². The predicted octanol–water partition coefficient (Wildman–Crippen LogP) is 2.79. The van der Waals surface area contributed by atoms with E-state index in [2.05, 4.69) is 10.1 Å². The highest BCUT2D eigenvalue weighted by molar-refractivity contribution is 5.94. The van der Waals surface area contributed by atoms with Crippen LogP contribution in [-0.2, 0) is 0 Å². The van der Waals surface area contributed by atoms with Crippen LogP contribution < -0.4 is 15.8 Å². The fraction of sp³-hybridized carbons (Fsp3) is 0.500. The lowest BCUT2D eigenvalue weighted by atomic mass is 10.1. The van der Waals surface area contributed by atoms with Crippen LogP contribution in [0.3, 0.4) is 0 Å². The Bertz CT molecular complexity index is 459. The highest BCUT2D eigenvalue weighted by atomic mass is 35.5. The Morgan fingerprint density at radius 2 is 1.86 bits per heavy atom. The van der Waals surface area contributed by atoms with Gasteiger partial charge in [-0.3, -0.25) is 4.79 Å². The summed E-state index contributed by atoms with van der Waals surface area (Å²) >= 11 is 0. The number of hydrogen-bond acceptors (Lipinski definition) is 3. The maximum atomic E-state index is 12.3. The topological polar surface area (TPSA) is 64.4 Å². The molecule has 1 aromatic rings. The van der Waals surface area contributed by atoms with Crippen LogP contribution in [0.15, 0.2) is 12.1 Å². The van der Waals surface area contributed by atoms with Crippen molar-refractivity contribution in [1.82, 2.24) is 5.32 Å². The van der Waals surface area contributed by atoms with Crippen LogP contribution in [-0.4, -0.2) is 25.1 Å². The zero-order chi connectivity index (χ0) is 15.3. The third kappa shape index (κ3) is 6.27. The van der Waals surface area contributed by atoms with Gasteiger partial charge in [-0.2, -0.15) is 8.78 Å².